The lowest BCUT2D eigenvalue weighted by Gasteiger charge is -2.32. The largest absolute Gasteiger partial charge is 0.416 e. The van der Waals surface area contributed by atoms with Gasteiger partial charge in [-0.3, -0.25) is 19.1 Å². The number of imidazole rings is 1. The van der Waals surface area contributed by atoms with E-state index in [2.05, 4.69) is 30.0 Å². The van der Waals surface area contributed by atoms with Gasteiger partial charge in [0, 0.05) is 68.6 Å². The van der Waals surface area contributed by atoms with Crippen molar-refractivity contribution in [2.75, 3.05) is 50.0 Å². The fourth-order valence-electron chi connectivity index (χ4n) is 5.44. The first-order valence-corrected chi connectivity index (χ1v) is 13.3. The lowest BCUT2D eigenvalue weighted by atomic mass is 10.1. The van der Waals surface area contributed by atoms with Gasteiger partial charge in [0.15, 0.2) is 5.65 Å². The van der Waals surface area contributed by atoms with Crippen LogP contribution >= 0.6 is 0 Å². The zero-order valence-electron chi connectivity index (χ0n) is 22.2. The van der Waals surface area contributed by atoms with Gasteiger partial charge >= 0.3 is 6.18 Å². The molecule has 0 atom stereocenters. The van der Waals surface area contributed by atoms with E-state index in [4.69, 9.17) is 0 Å². The summed E-state index contributed by atoms with van der Waals surface area (Å²) in [5.41, 5.74) is 4.12. The second-order valence-corrected chi connectivity index (χ2v) is 10.5. The highest BCUT2D eigenvalue weighted by molar-refractivity contribution is 6.05. The summed E-state index contributed by atoms with van der Waals surface area (Å²) in [6, 6.07) is 9.30. The topological polar surface area (TPSA) is 69.0 Å². The fourth-order valence-corrected chi connectivity index (χ4v) is 5.44. The number of benzene rings is 2. The van der Waals surface area contributed by atoms with E-state index in [0.717, 1.165) is 67.8 Å². The number of halogens is 3. The summed E-state index contributed by atoms with van der Waals surface area (Å²) < 4.78 is 43.2. The van der Waals surface area contributed by atoms with Gasteiger partial charge in [-0.05, 0) is 54.9 Å². The Bertz CT molecular complexity index is 1540. The molecular formula is C29H30F3N7O. The molecule has 0 spiro atoms. The zero-order chi connectivity index (χ0) is 27.9. The molecule has 0 saturated carbocycles. The van der Waals surface area contributed by atoms with Crippen LogP contribution in [0.15, 0.2) is 61.2 Å². The van der Waals surface area contributed by atoms with Crippen molar-refractivity contribution in [3.63, 3.8) is 0 Å². The summed E-state index contributed by atoms with van der Waals surface area (Å²) in [6.07, 6.45) is 3.43. The third kappa shape index (κ3) is 5.52. The number of carbonyl (C=O) groups excluding carboxylic acids is 1. The van der Waals surface area contributed by atoms with Crippen LogP contribution in [0.4, 0.5) is 24.5 Å². The normalized spacial score (nSPS) is 16.4. The van der Waals surface area contributed by atoms with Gasteiger partial charge in [0.05, 0.1) is 30.2 Å². The average Bonchev–Trinajstić information content (AvgIpc) is 3.53. The van der Waals surface area contributed by atoms with E-state index >= 15 is 0 Å². The Morgan fingerprint density at radius 2 is 1.82 bits per heavy atom. The van der Waals surface area contributed by atoms with Crippen molar-refractivity contribution in [1.29, 1.82) is 0 Å². The van der Waals surface area contributed by atoms with Gasteiger partial charge in [-0.15, -0.1) is 0 Å². The molecule has 40 heavy (non-hydrogen) atoms. The molecule has 1 saturated heterocycles. The number of nitrogens with zero attached hydrogens (tertiary/aromatic N) is 6. The Hall–Kier alpha value is -3.96. The zero-order valence-corrected chi connectivity index (χ0v) is 22.2. The maximum atomic E-state index is 13.7. The lowest BCUT2D eigenvalue weighted by molar-refractivity contribution is -0.137. The van der Waals surface area contributed by atoms with Gasteiger partial charge in [0.2, 0.25) is 0 Å². The van der Waals surface area contributed by atoms with Crippen LogP contribution in [-0.2, 0) is 25.7 Å². The molecule has 2 aromatic carbocycles. The van der Waals surface area contributed by atoms with Gasteiger partial charge in [-0.25, -0.2) is 4.98 Å². The molecule has 2 aliphatic rings. The van der Waals surface area contributed by atoms with Gasteiger partial charge in [0.25, 0.3) is 5.91 Å². The SMILES string of the molecule is CN1CCN(Cc2cc(NC(=O)c3ccc4c(c3)N(Cc3cnc5cnccn35)CC4)cc(C(F)(F)F)c2)CC1. The van der Waals surface area contributed by atoms with Crippen molar-refractivity contribution in [2.45, 2.75) is 25.7 Å². The number of aromatic nitrogens is 3. The Morgan fingerprint density at radius 3 is 2.62 bits per heavy atom. The molecule has 0 radical (unpaired) electrons. The molecule has 0 bridgehead atoms. The number of hydrogen-bond acceptors (Lipinski definition) is 6. The van der Waals surface area contributed by atoms with Crippen LogP contribution in [0.3, 0.4) is 0 Å². The monoisotopic (exact) mass is 549 g/mol. The second-order valence-electron chi connectivity index (χ2n) is 10.5. The number of carbonyl (C=O) groups is 1. The summed E-state index contributed by atoms with van der Waals surface area (Å²) in [4.78, 5) is 28.3. The Kier molecular flexibility index (Phi) is 6.93. The Balaban J connectivity index is 1.21. The number of anilines is 2. The van der Waals surface area contributed by atoms with E-state index in [1.54, 1.807) is 24.5 Å². The molecule has 1 fully saturated rings. The molecule has 208 valence electrons. The summed E-state index contributed by atoms with van der Waals surface area (Å²) in [7, 11) is 2.03. The molecule has 0 unspecified atom stereocenters. The number of alkyl halides is 3. The first kappa shape index (κ1) is 26.3. The molecule has 11 heteroatoms. The molecule has 0 aliphatic carbocycles. The molecular weight excluding hydrogens is 519 g/mol. The van der Waals surface area contributed by atoms with E-state index in [9.17, 15) is 18.0 Å². The van der Waals surface area contributed by atoms with Gasteiger partial charge < -0.3 is 15.1 Å². The molecule has 1 amide bonds. The molecule has 4 aromatic rings. The molecule has 1 N–H and O–H groups in total. The minimum atomic E-state index is -4.51. The number of likely N-dealkylation sites (N-methyl/N-ethyl adjacent to an activating group) is 1. The molecule has 2 aromatic heterocycles. The smallest absolute Gasteiger partial charge is 0.365 e. The van der Waals surface area contributed by atoms with Crippen LogP contribution in [0, 0.1) is 0 Å². The van der Waals surface area contributed by atoms with Crippen molar-refractivity contribution >= 4 is 22.9 Å². The van der Waals surface area contributed by atoms with E-state index in [1.807, 2.05) is 36.0 Å². The van der Waals surface area contributed by atoms with Crippen LogP contribution in [0.25, 0.3) is 5.65 Å². The van der Waals surface area contributed by atoms with E-state index in [1.165, 1.54) is 6.07 Å². The number of amides is 1. The second kappa shape index (κ2) is 10.5. The van der Waals surface area contributed by atoms with Gasteiger partial charge in [-0.2, -0.15) is 13.2 Å². The molecule has 8 nitrogen and oxygen atoms in total. The van der Waals surface area contributed by atoms with Crippen LogP contribution in [0.5, 0.6) is 0 Å². The first-order valence-electron chi connectivity index (χ1n) is 13.3. The highest BCUT2D eigenvalue weighted by atomic mass is 19.4. The molecule has 2 aliphatic heterocycles. The van der Waals surface area contributed by atoms with Crippen LogP contribution in [0.2, 0.25) is 0 Å². The van der Waals surface area contributed by atoms with Gasteiger partial charge in [0.1, 0.15) is 0 Å². The standard InChI is InChI=1S/C29H30F3N7O/c1-36-8-10-37(11-9-36)18-20-12-23(29(30,31)32)15-24(13-20)35-28(40)22-3-2-21-4-6-38(26(21)14-22)19-25-16-34-27-17-33-5-7-39(25)27/h2-3,5,7,12-17H,4,6,8-11,18-19H2,1H3,(H,35,40). The minimum absolute atomic E-state index is 0.139. The average molecular weight is 550 g/mol. The number of fused-ring (bicyclic) bond motifs is 2. The third-order valence-electron chi connectivity index (χ3n) is 7.67. The quantitative estimate of drug-likeness (QED) is 0.387. The Labute approximate surface area is 230 Å². The maximum Gasteiger partial charge on any atom is 0.416 e. The number of piperazine rings is 1. The van der Waals surface area contributed by atoms with E-state index < -0.39 is 17.6 Å². The summed E-state index contributed by atoms with van der Waals surface area (Å²) in [6.45, 7) is 5.10. The first-order chi connectivity index (χ1) is 19.2. The van der Waals surface area contributed by atoms with E-state index in [-0.39, 0.29) is 5.69 Å². The van der Waals surface area contributed by atoms with Crippen LogP contribution < -0.4 is 10.2 Å². The number of rotatable bonds is 6. The third-order valence-corrected chi connectivity index (χ3v) is 7.67. The van der Waals surface area contributed by atoms with Crippen LogP contribution in [0.1, 0.15) is 32.7 Å². The van der Waals surface area contributed by atoms with Crippen molar-refractivity contribution in [1.82, 2.24) is 24.2 Å². The minimum Gasteiger partial charge on any atom is -0.365 e. The maximum absolute atomic E-state index is 13.7. The summed E-state index contributed by atoms with van der Waals surface area (Å²) >= 11 is 0. The summed E-state index contributed by atoms with van der Waals surface area (Å²) in [5.74, 6) is -0.444. The fraction of sp³-hybridized carbons (Fsp3) is 0.345. The summed E-state index contributed by atoms with van der Waals surface area (Å²) in [5, 5.41) is 2.73. The van der Waals surface area contributed by atoms with Crippen molar-refractivity contribution in [2.24, 2.45) is 0 Å². The number of nitrogens with one attached hydrogen (secondary N) is 1. The predicted octanol–water partition coefficient (Wildman–Crippen LogP) is 4.31. The van der Waals surface area contributed by atoms with Crippen molar-refractivity contribution in [3.8, 4) is 0 Å². The molecule has 4 heterocycles. The predicted molar refractivity (Wildman–Crippen MR) is 146 cm³/mol. The van der Waals surface area contributed by atoms with Crippen molar-refractivity contribution < 1.29 is 18.0 Å². The van der Waals surface area contributed by atoms with Gasteiger partial charge in [-0.1, -0.05) is 6.07 Å². The van der Waals surface area contributed by atoms with Crippen molar-refractivity contribution in [3.05, 3.63) is 89.1 Å². The highest BCUT2D eigenvalue weighted by Crippen LogP contribution is 2.34. The number of hydrogen-bond donors (Lipinski definition) is 1. The lowest BCUT2D eigenvalue weighted by Crippen LogP contribution is -2.43. The van der Waals surface area contributed by atoms with Crippen LogP contribution in [-0.4, -0.2) is 69.8 Å². The Morgan fingerprint density at radius 1 is 1.00 bits per heavy atom. The molecule has 6 rings (SSSR count). The van der Waals surface area contributed by atoms with E-state index in [0.29, 0.717) is 24.2 Å². The highest BCUT2D eigenvalue weighted by Gasteiger charge is 2.32.